The van der Waals surface area contributed by atoms with Gasteiger partial charge in [-0.15, -0.1) is 0 Å². The molecular formula is C14H15I2NO4. The van der Waals surface area contributed by atoms with Gasteiger partial charge in [-0.3, -0.25) is 4.79 Å². The van der Waals surface area contributed by atoms with E-state index in [0.717, 1.165) is 12.9 Å². The van der Waals surface area contributed by atoms with Crippen molar-refractivity contribution in [3.8, 4) is 5.75 Å². The summed E-state index contributed by atoms with van der Waals surface area (Å²) in [5.41, 5.74) is 0.526. The minimum Gasteiger partial charge on any atom is -0.489 e. The lowest BCUT2D eigenvalue weighted by atomic mass is 10.2. The predicted octanol–water partition coefficient (Wildman–Crippen LogP) is 3.24. The Balaban J connectivity index is 3.20. The molecule has 0 atom stereocenters. The first-order valence-corrected chi connectivity index (χ1v) is 8.24. The number of carboxylic acids is 1. The van der Waals surface area contributed by atoms with E-state index in [0.29, 0.717) is 5.56 Å². The van der Waals surface area contributed by atoms with Crippen molar-refractivity contribution in [3.05, 3.63) is 30.5 Å². The van der Waals surface area contributed by atoms with Crippen LogP contribution in [0.15, 0.2) is 17.8 Å². The molecule has 0 unspecified atom stereocenters. The van der Waals surface area contributed by atoms with Gasteiger partial charge in [-0.1, -0.05) is 0 Å². The van der Waals surface area contributed by atoms with Gasteiger partial charge in [-0.2, -0.15) is 0 Å². The molecule has 21 heavy (non-hydrogen) atoms. The molecule has 0 saturated heterocycles. The van der Waals surface area contributed by atoms with Crippen LogP contribution in [0.4, 0.5) is 0 Å². The molecule has 0 heterocycles. The minimum atomic E-state index is -1.18. The maximum Gasteiger partial charge on any atom is 0.352 e. The molecule has 0 aliphatic heterocycles. The Labute approximate surface area is 150 Å². The first-order chi connectivity index (χ1) is 9.70. The highest BCUT2D eigenvalue weighted by Crippen LogP contribution is 2.30. The number of benzene rings is 1. The lowest BCUT2D eigenvalue weighted by Crippen LogP contribution is -2.24. The van der Waals surface area contributed by atoms with Crippen LogP contribution >= 0.6 is 45.2 Å². The number of carbonyl (C=O) groups excluding carboxylic acids is 1. The predicted molar refractivity (Wildman–Crippen MR) is 97.1 cm³/mol. The van der Waals surface area contributed by atoms with Crippen molar-refractivity contribution in [2.75, 3.05) is 0 Å². The standard InChI is InChI=1S/C14H15I2NO4/c1-7(2)21-13-10(15)4-9(5-11(13)16)6-12(14(19)20)17-8(3)18/h4-7H,1-3H3,(H,17,18)(H,19,20)/b12-6+. The van der Waals surface area contributed by atoms with Gasteiger partial charge in [0.1, 0.15) is 11.4 Å². The smallest absolute Gasteiger partial charge is 0.352 e. The first-order valence-electron chi connectivity index (χ1n) is 6.09. The zero-order valence-electron chi connectivity index (χ0n) is 11.7. The fourth-order valence-corrected chi connectivity index (χ4v) is 3.59. The molecule has 0 bridgehead atoms. The highest BCUT2D eigenvalue weighted by Gasteiger charge is 2.13. The van der Waals surface area contributed by atoms with Gasteiger partial charge in [-0.05, 0) is 82.8 Å². The SMILES string of the molecule is CC(=O)N/C(=C/c1cc(I)c(OC(C)C)c(I)c1)C(=O)O. The molecule has 1 rings (SSSR count). The Morgan fingerprint density at radius 3 is 2.19 bits per heavy atom. The van der Waals surface area contributed by atoms with E-state index in [1.165, 1.54) is 13.0 Å². The third-order valence-corrected chi connectivity index (χ3v) is 3.83. The molecular weight excluding hydrogens is 500 g/mol. The van der Waals surface area contributed by atoms with Crippen LogP contribution in [0.1, 0.15) is 26.3 Å². The van der Waals surface area contributed by atoms with Crippen molar-refractivity contribution in [2.45, 2.75) is 26.9 Å². The van der Waals surface area contributed by atoms with Crippen molar-refractivity contribution >= 4 is 63.1 Å². The molecule has 0 aliphatic rings. The molecule has 2 N–H and O–H groups in total. The Morgan fingerprint density at radius 1 is 1.29 bits per heavy atom. The number of halogens is 2. The van der Waals surface area contributed by atoms with Gasteiger partial charge in [0.25, 0.3) is 0 Å². The van der Waals surface area contributed by atoms with Crippen molar-refractivity contribution in [3.63, 3.8) is 0 Å². The van der Waals surface area contributed by atoms with Crippen molar-refractivity contribution in [1.82, 2.24) is 5.32 Å². The average molecular weight is 515 g/mol. The number of aliphatic carboxylic acids is 1. The fourth-order valence-electron chi connectivity index (χ4n) is 1.52. The monoisotopic (exact) mass is 515 g/mol. The van der Waals surface area contributed by atoms with Crippen LogP contribution in [0, 0.1) is 7.14 Å². The molecule has 0 saturated carbocycles. The Kier molecular flexibility index (Phi) is 6.91. The van der Waals surface area contributed by atoms with E-state index in [9.17, 15) is 9.59 Å². The first kappa shape index (κ1) is 18.2. The van der Waals surface area contributed by atoms with Crippen LogP contribution in [0.5, 0.6) is 5.75 Å². The van der Waals surface area contributed by atoms with Gasteiger partial charge >= 0.3 is 5.97 Å². The molecule has 0 aromatic heterocycles. The largest absolute Gasteiger partial charge is 0.489 e. The van der Waals surface area contributed by atoms with Crippen LogP contribution in [0.3, 0.4) is 0 Å². The summed E-state index contributed by atoms with van der Waals surface area (Å²) < 4.78 is 7.49. The maximum atomic E-state index is 11.1. The van der Waals surface area contributed by atoms with Crippen molar-refractivity contribution < 1.29 is 19.4 Å². The summed E-state index contributed by atoms with van der Waals surface area (Å²) in [6.07, 6.45) is 1.48. The molecule has 0 aliphatic carbocycles. The minimum absolute atomic E-state index is 0.0578. The summed E-state index contributed by atoms with van der Waals surface area (Å²) in [6.45, 7) is 5.16. The van der Waals surface area contributed by atoms with Gasteiger partial charge in [0.15, 0.2) is 0 Å². The summed E-state index contributed by atoms with van der Waals surface area (Å²) >= 11 is 4.28. The van der Waals surface area contributed by atoms with Gasteiger partial charge in [0.05, 0.1) is 13.2 Å². The van der Waals surface area contributed by atoms with Gasteiger partial charge in [0.2, 0.25) is 5.91 Å². The van der Waals surface area contributed by atoms with Crippen LogP contribution < -0.4 is 10.1 Å². The van der Waals surface area contributed by atoms with Crippen molar-refractivity contribution in [1.29, 1.82) is 0 Å². The van der Waals surface area contributed by atoms with Crippen LogP contribution in [-0.4, -0.2) is 23.1 Å². The lowest BCUT2D eigenvalue weighted by molar-refractivity contribution is -0.134. The number of nitrogens with one attached hydrogen (secondary N) is 1. The molecule has 0 spiro atoms. The van der Waals surface area contributed by atoms with Crippen molar-refractivity contribution in [2.24, 2.45) is 0 Å². The number of amides is 1. The van der Waals surface area contributed by atoms with E-state index in [1.54, 1.807) is 0 Å². The molecule has 0 radical (unpaired) electrons. The highest BCUT2D eigenvalue weighted by molar-refractivity contribution is 14.1. The van der Waals surface area contributed by atoms with Crippen LogP contribution in [-0.2, 0) is 9.59 Å². The third kappa shape index (κ3) is 5.81. The van der Waals surface area contributed by atoms with Gasteiger partial charge < -0.3 is 15.2 Å². The summed E-state index contributed by atoms with van der Waals surface area (Å²) in [5.74, 6) is -0.828. The van der Waals surface area contributed by atoms with Crippen LogP contribution in [0.25, 0.3) is 6.08 Å². The normalized spacial score (nSPS) is 11.4. The molecule has 114 valence electrons. The van der Waals surface area contributed by atoms with Gasteiger partial charge in [0, 0.05) is 6.92 Å². The highest BCUT2D eigenvalue weighted by atomic mass is 127. The second-order valence-corrected chi connectivity index (χ2v) is 6.85. The van der Waals surface area contributed by atoms with E-state index in [4.69, 9.17) is 9.84 Å². The molecule has 1 aromatic rings. The number of hydrogen-bond donors (Lipinski definition) is 2. The number of carbonyl (C=O) groups is 2. The summed E-state index contributed by atoms with van der Waals surface area (Å²) in [5, 5.41) is 11.4. The zero-order valence-corrected chi connectivity index (χ0v) is 16.1. The molecule has 0 fully saturated rings. The van der Waals surface area contributed by atoms with E-state index >= 15 is 0 Å². The molecule has 1 aromatic carbocycles. The van der Waals surface area contributed by atoms with E-state index in [1.807, 2.05) is 26.0 Å². The number of rotatable bonds is 5. The Bertz CT molecular complexity index is 574. The van der Waals surface area contributed by atoms with Crippen LogP contribution in [0.2, 0.25) is 0 Å². The molecule has 5 nitrogen and oxygen atoms in total. The third-order valence-electron chi connectivity index (χ3n) is 2.23. The second kappa shape index (κ2) is 7.97. The number of hydrogen-bond acceptors (Lipinski definition) is 3. The van der Waals surface area contributed by atoms with E-state index in [-0.39, 0.29) is 11.8 Å². The number of ether oxygens (including phenoxy) is 1. The summed E-state index contributed by atoms with van der Waals surface area (Å²) in [6, 6.07) is 3.62. The Hall–Kier alpha value is -0.840. The molecule has 1 amide bonds. The number of carboxylic acid groups (broad SMARTS) is 1. The zero-order chi connectivity index (χ0) is 16.2. The van der Waals surface area contributed by atoms with E-state index in [2.05, 4.69) is 50.5 Å². The van der Waals surface area contributed by atoms with Gasteiger partial charge in [-0.25, -0.2) is 4.79 Å². The quantitative estimate of drug-likeness (QED) is 0.467. The summed E-state index contributed by atoms with van der Waals surface area (Å²) in [4.78, 5) is 22.1. The maximum absolute atomic E-state index is 11.1. The molecule has 7 heteroatoms. The summed E-state index contributed by atoms with van der Waals surface area (Å²) in [7, 11) is 0. The Morgan fingerprint density at radius 2 is 1.81 bits per heavy atom. The lowest BCUT2D eigenvalue weighted by Gasteiger charge is -2.14. The second-order valence-electron chi connectivity index (χ2n) is 4.52. The average Bonchev–Trinajstić information content (AvgIpc) is 2.32. The fraction of sp³-hybridized carbons (Fsp3) is 0.286. The topological polar surface area (TPSA) is 75.6 Å². The van der Waals surface area contributed by atoms with E-state index < -0.39 is 11.9 Å².